The summed E-state index contributed by atoms with van der Waals surface area (Å²) >= 11 is 0. The molecule has 0 aromatic rings. The van der Waals surface area contributed by atoms with Crippen molar-refractivity contribution >= 4 is 5.78 Å². The molecule has 0 radical (unpaired) electrons. The van der Waals surface area contributed by atoms with Gasteiger partial charge in [-0.2, -0.15) is 0 Å². The maximum Gasteiger partial charge on any atom is 0.135 e. The maximum absolute atomic E-state index is 11.4. The Balaban J connectivity index is 2.07. The summed E-state index contributed by atoms with van der Waals surface area (Å²) < 4.78 is 5.80. The third-order valence-electron chi connectivity index (χ3n) is 3.04. The molecule has 1 saturated carbocycles. The molecule has 0 amide bonds. The van der Waals surface area contributed by atoms with Gasteiger partial charge in [-0.1, -0.05) is 12.8 Å². The van der Waals surface area contributed by atoms with Crippen LogP contribution in [0.1, 0.15) is 44.9 Å². The summed E-state index contributed by atoms with van der Waals surface area (Å²) in [4.78, 5) is 11.4. The van der Waals surface area contributed by atoms with Crippen LogP contribution in [0.2, 0.25) is 0 Å². The van der Waals surface area contributed by atoms with Crippen LogP contribution >= 0.6 is 0 Å². The van der Waals surface area contributed by atoms with Gasteiger partial charge in [0.1, 0.15) is 5.78 Å². The van der Waals surface area contributed by atoms with Gasteiger partial charge >= 0.3 is 0 Å². The lowest BCUT2D eigenvalue weighted by Crippen LogP contribution is -2.30. The molecule has 68 valence electrons. The number of hydrogen-bond donors (Lipinski definition) is 0. The van der Waals surface area contributed by atoms with E-state index in [1.165, 1.54) is 12.8 Å². The predicted molar refractivity (Wildman–Crippen MR) is 46.0 cm³/mol. The van der Waals surface area contributed by atoms with Crippen LogP contribution in [0.15, 0.2) is 0 Å². The van der Waals surface area contributed by atoms with E-state index in [4.69, 9.17) is 4.74 Å². The van der Waals surface area contributed by atoms with Gasteiger partial charge in [0.2, 0.25) is 0 Å². The number of carbonyl (C=O) groups is 1. The molecule has 1 heterocycles. The van der Waals surface area contributed by atoms with E-state index in [0.717, 1.165) is 32.3 Å². The second-order valence-electron chi connectivity index (χ2n) is 4.06. The number of ketones is 1. The van der Waals surface area contributed by atoms with Crippen LogP contribution in [0.4, 0.5) is 0 Å². The first-order valence-corrected chi connectivity index (χ1v) is 4.96. The molecule has 1 saturated heterocycles. The highest BCUT2D eigenvalue weighted by Crippen LogP contribution is 2.38. The Morgan fingerprint density at radius 1 is 1.17 bits per heavy atom. The molecular weight excluding hydrogens is 152 g/mol. The molecule has 2 fully saturated rings. The van der Waals surface area contributed by atoms with Crippen molar-refractivity contribution in [3.8, 4) is 0 Å². The summed E-state index contributed by atoms with van der Waals surface area (Å²) in [6.45, 7) is 0.797. The second kappa shape index (κ2) is 3.17. The quantitative estimate of drug-likeness (QED) is 0.553. The normalized spacial score (nSPS) is 29.2. The molecule has 0 atom stereocenters. The molecule has 1 aliphatic heterocycles. The third-order valence-corrected chi connectivity index (χ3v) is 3.04. The van der Waals surface area contributed by atoms with Gasteiger partial charge in [0, 0.05) is 19.4 Å². The average Bonchev–Trinajstić information content (AvgIpc) is 2.39. The van der Waals surface area contributed by atoms with Crippen LogP contribution in [-0.2, 0) is 9.53 Å². The fraction of sp³-hybridized carbons (Fsp3) is 0.900. The zero-order valence-electron chi connectivity index (χ0n) is 7.47. The smallest absolute Gasteiger partial charge is 0.135 e. The van der Waals surface area contributed by atoms with Gasteiger partial charge in [0.15, 0.2) is 0 Å². The fourth-order valence-electron chi connectivity index (χ4n) is 2.40. The maximum atomic E-state index is 11.4. The lowest BCUT2D eigenvalue weighted by atomic mass is 9.95. The van der Waals surface area contributed by atoms with Crippen molar-refractivity contribution < 1.29 is 9.53 Å². The summed E-state index contributed by atoms with van der Waals surface area (Å²) in [6.07, 6.45) is 7.06. The number of carbonyl (C=O) groups excluding carboxylic acids is 1. The van der Waals surface area contributed by atoms with E-state index in [9.17, 15) is 4.79 Å². The first-order valence-electron chi connectivity index (χ1n) is 4.96. The van der Waals surface area contributed by atoms with Crippen LogP contribution in [0, 0.1) is 0 Å². The van der Waals surface area contributed by atoms with Crippen molar-refractivity contribution in [1.29, 1.82) is 0 Å². The van der Waals surface area contributed by atoms with Gasteiger partial charge in [0.05, 0.1) is 5.60 Å². The molecule has 0 bridgehead atoms. The second-order valence-corrected chi connectivity index (χ2v) is 4.06. The first-order chi connectivity index (χ1) is 5.81. The molecule has 1 spiro atoms. The Morgan fingerprint density at radius 2 is 1.92 bits per heavy atom. The van der Waals surface area contributed by atoms with Crippen molar-refractivity contribution in [1.82, 2.24) is 0 Å². The van der Waals surface area contributed by atoms with Crippen LogP contribution in [0.5, 0.6) is 0 Å². The number of Topliss-reactive ketones (excluding diaryl/α,β-unsaturated/α-hetero) is 1. The Bertz CT molecular complexity index is 180. The number of ether oxygens (including phenoxy) is 1. The molecule has 0 unspecified atom stereocenters. The SMILES string of the molecule is O=C1CCCOC2(CCCC2)C1. The molecular formula is C10H16O2. The van der Waals surface area contributed by atoms with E-state index < -0.39 is 0 Å². The van der Waals surface area contributed by atoms with E-state index in [1.54, 1.807) is 0 Å². The van der Waals surface area contributed by atoms with Crippen molar-refractivity contribution in [2.24, 2.45) is 0 Å². The van der Waals surface area contributed by atoms with E-state index in [2.05, 4.69) is 0 Å². The van der Waals surface area contributed by atoms with Gasteiger partial charge in [-0.3, -0.25) is 4.79 Å². The Morgan fingerprint density at radius 3 is 2.67 bits per heavy atom. The summed E-state index contributed by atoms with van der Waals surface area (Å²) in [7, 11) is 0. The summed E-state index contributed by atoms with van der Waals surface area (Å²) in [5.41, 5.74) is -0.0203. The Labute approximate surface area is 73.3 Å². The van der Waals surface area contributed by atoms with Crippen LogP contribution in [-0.4, -0.2) is 18.0 Å². The van der Waals surface area contributed by atoms with Crippen LogP contribution in [0.25, 0.3) is 0 Å². The molecule has 2 nitrogen and oxygen atoms in total. The standard InChI is InChI=1S/C10H16O2/c11-9-4-3-7-12-10(8-9)5-1-2-6-10/h1-8H2. The highest BCUT2D eigenvalue weighted by Gasteiger charge is 2.37. The predicted octanol–water partition coefficient (Wildman–Crippen LogP) is 2.07. The van der Waals surface area contributed by atoms with E-state index in [0.29, 0.717) is 12.2 Å². The highest BCUT2D eigenvalue weighted by atomic mass is 16.5. The third kappa shape index (κ3) is 1.53. The Kier molecular flexibility index (Phi) is 2.18. The molecule has 0 N–H and O–H groups in total. The van der Waals surface area contributed by atoms with Crippen molar-refractivity contribution in [2.45, 2.75) is 50.5 Å². The number of rotatable bonds is 0. The summed E-state index contributed by atoms with van der Waals surface area (Å²) in [6, 6.07) is 0. The zero-order valence-corrected chi connectivity index (χ0v) is 7.47. The van der Waals surface area contributed by atoms with Crippen LogP contribution in [0.3, 0.4) is 0 Å². The molecule has 2 heteroatoms. The van der Waals surface area contributed by atoms with Gasteiger partial charge in [0.25, 0.3) is 0 Å². The van der Waals surface area contributed by atoms with Gasteiger partial charge in [-0.15, -0.1) is 0 Å². The molecule has 1 aliphatic carbocycles. The fourth-order valence-corrected chi connectivity index (χ4v) is 2.40. The summed E-state index contributed by atoms with van der Waals surface area (Å²) in [5, 5.41) is 0. The Hall–Kier alpha value is -0.370. The first kappa shape index (κ1) is 8.24. The molecule has 2 aliphatic rings. The topological polar surface area (TPSA) is 26.3 Å². The van der Waals surface area contributed by atoms with Crippen molar-refractivity contribution in [2.75, 3.05) is 6.61 Å². The summed E-state index contributed by atoms with van der Waals surface area (Å²) in [5.74, 6) is 0.411. The molecule has 0 aromatic heterocycles. The van der Waals surface area contributed by atoms with E-state index >= 15 is 0 Å². The van der Waals surface area contributed by atoms with Crippen LogP contribution < -0.4 is 0 Å². The van der Waals surface area contributed by atoms with Crippen molar-refractivity contribution in [3.05, 3.63) is 0 Å². The highest BCUT2D eigenvalue weighted by molar-refractivity contribution is 5.79. The van der Waals surface area contributed by atoms with Gasteiger partial charge < -0.3 is 4.74 Å². The monoisotopic (exact) mass is 168 g/mol. The minimum Gasteiger partial charge on any atom is -0.375 e. The largest absolute Gasteiger partial charge is 0.375 e. The minimum atomic E-state index is -0.0203. The van der Waals surface area contributed by atoms with Gasteiger partial charge in [-0.25, -0.2) is 0 Å². The van der Waals surface area contributed by atoms with E-state index in [-0.39, 0.29) is 5.60 Å². The molecule has 0 aromatic carbocycles. The van der Waals surface area contributed by atoms with E-state index in [1.807, 2.05) is 0 Å². The number of hydrogen-bond acceptors (Lipinski definition) is 2. The van der Waals surface area contributed by atoms with Gasteiger partial charge in [-0.05, 0) is 19.3 Å². The lowest BCUT2D eigenvalue weighted by Gasteiger charge is -2.26. The van der Waals surface area contributed by atoms with Crippen molar-refractivity contribution in [3.63, 3.8) is 0 Å². The molecule has 2 rings (SSSR count). The average molecular weight is 168 g/mol. The minimum absolute atomic E-state index is 0.0203. The lowest BCUT2D eigenvalue weighted by molar-refractivity contribution is -0.123. The zero-order chi connectivity index (χ0) is 8.44. The molecule has 12 heavy (non-hydrogen) atoms.